The highest BCUT2D eigenvalue weighted by atomic mass is 35.5. The predicted octanol–water partition coefficient (Wildman–Crippen LogP) is 4.65. The molecule has 0 aliphatic carbocycles. The summed E-state index contributed by atoms with van der Waals surface area (Å²) in [6, 6.07) is 7.47. The molecule has 46 heavy (non-hydrogen) atoms. The van der Waals surface area contributed by atoms with Gasteiger partial charge in [-0.15, -0.1) is 0 Å². The van der Waals surface area contributed by atoms with Gasteiger partial charge in [0, 0.05) is 15.9 Å². The molecule has 0 spiro atoms. The number of nitrogens with one attached hydrogen (secondary N) is 2. The highest BCUT2D eigenvalue weighted by molar-refractivity contribution is 7.54. The summed E-state index contributed by atoms with van der Waals surface area (Å²) in [5.74, 6) is -1.16. The van der Waals surface area contributed by atoms with Crippen molar-refractivity contribution in [1.82, 2.24) is 19.5 Å². The SMILES string of the molecule is CC(C)(C)C(=O)OCOP(=O)(C/C=C\C[n+]1cn(Cc2cc3cc(Cl)ccc3[nH]2)c2c(=O)[nH]c(N)nc21)OCOC(=O)C(C)(C)C. The molecule has 0 bridgehead atoms. The lowest BCUT2D eigenvalue weighted by Crippen LogP contribution is -2.32. The summed E-state index contributed by atoms with van der Waals surface area (Å²) < 4.78 is 37.9. The van der Waals surface area contributed by atoms with E-state index in [0.29, 0.717) is 22.7 Å². The minimum atomic E-state index is -3.94. The lowest BCUT2D eigenvalue weighted by atomic mass is 9.98. The van der Waals surface area contributed by atoms with Crippen LogP contribution in [0.1, 0.15) is 47.2 Å². The average Bonchev–Trinajstić information content (AvgIpc) is 3.50. The van der Waals surface area contributed by atoms with E-state index in [0.717, 1.165) is 16.6 Å². The van der Waals surface area contributed by atoms with Gasteiger partial charge in [-0.3, -0.25) is 33.0 Å². The monoisotopic (exact) mass is 677 g/mol. The molecule has 248 valence electrons. The van der Waals surface area contributed by atoms with Crippen LogP contribution in [0.4, 0.5) is 5.95 Å². The summed E-state index contributed by atoms with van der Waals surface area (Å²) in [6.45, 7) is 9.30. The van der Waals surface area contributed by atoms with E-state index in [4.69, 9.17) is 35.9 Å². The van der Waals surface area contributed by atoms with E-state index in [1.807, 2.05) is 18.2 Å². The van der Waals surface area contributed by atoms with Gasteiger partial charge < -0.3 is 20.2 Å². The van der Waals surface area contributed by atoms with Crippen molar-refractivity contribution in [2.75, 3.05) is 25.5 Å². The maximum atomic E-state index is 13.5. The Morgan fingerprint density at radius 1 is 1.02 bits per heavy atom. The second kappa shape index (κ2) is 13.8. The third-order valence-corrected chi connectivity index (χ3v) is 8.50. The number of esters is 2. The van der Waals surface area contributed by atoms with E-state index in [-0.39, 0.29) is 18.7 Å². The Hall–Kier alpha value is -3.97. The van der Waals surface area contributed by atoms with Gasteiger partial charge in [0.1, 0.15) is 6.54 Å². The molecule has 14 nitrogen and oxygen atoms in total. The quantitative estimate of drug-likeness (QED) is 0.0627. The van der Waals surface area contributed by atoms with E-state index in [1.165, 1.54) is 0 Å². The topological polar surface area (TPSA) is 184 Å². The Morgan fingerprint density at radius 3 is 2.26 bits per heavy atom. The fourth-order valence-electron chi connectivity index (χ4n) is 4.19. The number of carbonyl (C=O) groups is 2. The van der Waals surface area contributed by atoms with Crippen molar-refractivity contribution in [3.8, 4) is 0 Å². The summed E-state index contributed by atoms with van der Waals surface area (Å²) in [4.78, 5) is 47.4. The Bertz CT molecular complexity index is 1850. The number of hydrogen-bond acceptors (Lipinski definition) is 10. The number of nitrogens with zero attached hydrogens (tertiary/aromatic N) is 3. The molecule has 4 aromatic rings. The average molecular weight is 678 g/mol. The Kier molecular flexibility index (Phi) is 10.5. The van der Waals surface area contributed by atoms with Gasteiger partial charge in [0.25, 0.3) is 11.5 Å². The fraction of sp³-hybridized carbons (Fsp3) is 0.433. The van der Waals surface area contributed by atoms with E-state index in [1.54, 1.807) is 75.2 Å². The number of anilines is 1. The van der Waals surface area contributed by atoms with Crippen LogP contribution in [0.5, 0.6) is 0 Å². The van der Waals surface area contributed by atoms with Gasteiger partial charge in [-0.1, -0.05) is 28.7 Å². The zero-order valence-electron chi connectivity index (χ0n) is 26.6. The van der Waals surface area contributed by atoms with E-state index < -0.39 is 49.5 Å². The van der Waals surface area contributed by atoms with Crippen LogP contribution in [0.3, 0.4) is 0 Å². The summed E-state index contributed by atoms with van der Waals surface area (Å²) in [7, 11) is -3.94. The third kappa shape index (κ3) is 8.85. The number of fused-ring (bicyclic) bond motifs is 2. The van der Waals surface area contributed by atoms with Gasteiger partial charge in [0.15, 0.2) is 6.33 Å². The summed E-state index contributed by atoms with van der Waals surface area (Å²) >= 11 is 6.13. The molecule has 0 saturated carbocycles. The molecule has 0 atom stereocenters. The number of ether oxygens (including phenoxy) is 2. The summed E-state index contributed by atoms with van der Waals surface area (Å²) in [6.07, 6.45) is 4.71. The standard InChI is InChI=1S/C30H38ClN6O8P/c1-29(2,3)26(39)42-17-44-46(41,45-18-43-27(40)30(4,5)6)12-8-7-11-36-16-37(23-24(36)34-28(32)35-25(23)38)15-21-14-19-13-20(31)9-10-22(19)33-21/h7-10,13-14,16,33H,11-12,15,17-18H2,1-6H3,(H2-,32,34,35,38)/p+1/b8-7-. The second-order valence-corrected chi connectivity index (χ2v) is 15.2. The van der Waals surface area contributed by atoms with Crippen LogP contribution < -0.4 is 15.9 Å². The van der Waals surface area contributed by atoms with Gasteiger partial charge in [-0.05, 0) is 65.8 Å². The zero-order valence-corrected chi connectivity index (χ0v) is 28.2. The second-order valence-electron chi connectivity index (χ2n) is 12.7. The number of aromatic amines is 2. The van der Waals surface area contributed by atoms with Crippen molar-refractivity contribution < 1.29 is 37.2 Å². The van der Waals surface area contributed by atoms with Crippen LogP contribution >= 0.6 is 19.2 Å². The van der Waals surface area contributed by atoms with Crippen molar-refractivity contribution in [1.29, 1.82) is 0 Å². The Morgan fingerprint density at radius 2 is 1.65 bits per heavy atom. The van der Waals surface area contributed by atoms with Crippen LogP contribution in [0, 0.1) is 10.8 Å². The molecule has 0 aliphatic rings. The molecule has 3 heterocycles. The maximum Gasteiger partial charge on any atom is 0.340 e. The van der Waals surface area contributed by atoms with Crippen LogP contribution in [0.2, 0.25) is 5.02 Å². The van der Waals surface area contributed by atoms with Crippen LogP contribution in [0.15, 0.2) is 47.5 Å². The van der Waals surface area contributed by atoms with Crippen molar-refractivity contribution in [2.45, 2.75) is 54.6 Å². The molecule has 0 aliphatic heterocycles. The number of imidazole rings is 1. The van der Waals surface area contributed by atoms with Crippen molar-refractivity contribution >= 4 is 59.2 Å². The summed E-state index contributed by atoms with van der Waals surface area (Å²) in [5, 5.41) is 1.55. The first-order chi connectivity index (χ1) is 21.4. The minimum absolute atomic E-state index is 0.0471. The number of halogens is 1. The van der Waals surface area contributed by atoms with Gasteiger partial charge in [0.05, 0.1) is 29.2 Å². The lowest BCUT2D eigenvalue weighted by molar-refractivity contribution is -0.663. The largest absolute Gasteiger partial charge is 0.438 e. The predicted molar refractivity (Wildman–Crippen MR) is 172 cm³/mol. The van der Waals surface area contributed by atoms with E-state index in [2.05, 4.69) is 15.0 Å². The van der Waals surface area contributed by atoms with E-state index in [9.17, 15) is 18.9 Å². The van der Waals surface area contributed by atoms with Crippen LogP contribution in [0.25, 0.3) is 22.1 Å². The van der Waals surface area contributed by atoms with Crippen molar-refractivity contribution in [2.24, 2.45) is 10.8 Å². The number of carbonyl (C=O) groups excluding carboxylic acids is 2. The molecule has 4 N–H and O–H groups in total. The number of nitrogen functional groups attached to an aromatic ring is 1. The lowest BCUT2D eigenvalue weighted by Gasteiger charge is -2.21. The number of nitrogens with two attached hydrogens (primary N) is 1. The normalized spacial score (nSPS) is 12.8. The zero-order chi connectivity index (χ0) is 33.9. The van der Waals surface area contributed by atoms with Gasteiger partial charge in [-0.25, -0.2) is 9.13 Å². The molecular formula is C30H39ClN6O8P+. The molecule has 0 amide bonds. The number of rotatable bonds is 12. The molecule has 4 rings (SSSR count). The molecule has 0 fully saturated rings. The first kappa shape index (κ1) is 34.9. The van der Waals surface area contributed by atoms with Crippen LogP contribution in [-0.2, 0) is 45.8 Å². The molecule has 0 saturated heterocycles. The van der Waals surface area contributed by atoms with Crippen LogP contribution in [-0.4, -0.2) is 51.2 Å². The molecule has 1 aromatic carbocycles. The molecule has 3 aromatic heterocycles. The molecule has 16 heteroatoms. The highest BCUT2D eigenvalue weighted by Gasteiger charge is 2.29. The number of H-pyrrole nitrogens is 2. The fourth-order valence-corrected chi connectivity index (χ4v) is 5.49. The van der Waals surface area contributed by atoms with Gasteiger partial charge in [-0.2, -0.15) is 0 Å². The number of benzene rings is 1. The van der Waals surface area contributed by atoms with Crippen molar-refractivity contribution in [3.63, 3.8) is 0 Å². The first-order valence-corrected chi connectivity index (χ1v) is 16.5. The Labute approximate surface area is 270 Å². The van der Waals surface area contributed by atoms with E-state index >= 15 is 0 Å². The number of hydrogen-bond donors (Lipinski definition) is 3. The molecule has 0 radical (unpaired) electrons. The Balaban J connectivity index is 1.51. The number of aromatic nitrogens is 5. The van der Waals surface area contributed by atoms with Crippen molar-refractivity contribution in [3.05, 3.63) is 63.8 Å². The first-order valence-electron chi connectivity index (χ1n) is 14.4. The third-order valence-electron chi connectivity index (χ3n) is 6.61. The molecule has 0 unspecified atom stereocenters. The maximum absolute atomic E-state index is 13.5. The number of allylic oxidation sites excluding steroid dienone is 2. The smallest absolute Gasteiger partial charge is 0.340 e. The minimum Gasteiger partial charge on any atom is -0.438 e. The van der Waals surface area contributed by atoms with Gasteiger partial charge >= 0.3 is 25.2 Å². The summed E-state index contributed by atoms with van der Waals surface area (Å²) in [5.41, 5.74) is 6.22. The van der Waals surface area contributed by atoms with Gasteiger partial charge in [0.2, 0.25) is 19.1 Å². The molecular weight excluding hydrogens is 639 g/mol. The highest BCUT2D eigenvalue weighted by Crippen LogP contribution is 2.48.